The molecule has 0 bridgehead atoms. The number of unbranched alkanes of at least 4 members (excludes halogenated alkanes) is 9. The molecule has 1 rings (SSSR count). The summed E-state index contributed by atoms with van der Waals surface area (Å²) in [6, 6.07) is 8.20. The zero-order valence-corrected chi connectivity index (χ0v) is 18.3. The van der Waals surface area contributed by atoms with Crippen molar-refractivity contribution in [2.24, 2.45) is 0 Å². The van der Waals surface area contributed by atoms with E-state index in [0.717, 1.165) is 57.3 Å². The number of ether oxygens (including phenoxy) is 1. The second-order valence-electron chi connectivity index (χ2n) is 8.10. The second-order valence-corrected chi connectivity index (χ2v) is 8.10. The van der Waals surface area contributed by atoms with E-state index < -0.39 is 5.97 Å². The van der Waals surface area contributed by atoms with Crippen molar-refractivity contribution >= 4 is 11.8 Å². The van der Waals surface area contributed by atoms with Crippen LogP contribution in [-0.4, -0.2) is 30.1 Å². The van der Waals surface area contributed by atoms with Crippen molar-refractivity contribution in [2.75, 3.05) is 13.2 Å². The van der Waals surface area contributed by atoms with Gasteiger partial charge in [-0.1, -0.05) is 74.8 Å². The highest BCUT2D eigenvalue weighted by molar-refractivity contribution is 5.80. The Bertz CT molecular complexity index is 550. The Balaban J connectivity index is 1.79. The number of Topliss-reactive ketones (excluding diaryl/α,β-unsaturated/α-hetero) is 1. The molecule has 1 aromatic rings. The van der Waals surface area contributed by atoms with Crippen molar-refractivity contribution in [3.05, 3.63) is 35.4 Å². The molecule has 0 aliphatic heterocycles. The maximum absolute atomic E-state index is 12.0. The molecule has 0 atom stereocenters. The van der Waals surface area contributed by atoms with E-state index in [0.29, 0.717) is 25.0 Å². The van der Waals surface area contributed by atoms with Gasteiger partial charge in [0, 0.05) is 32.5 Å². The van der Waals surface area contributed by atoms with Gasteiger partial charge < -0.3 is 9.84 Å². The van der Waals surface area contributed by atoms with E-state index in [2.05, 4.69) is 19.1 Å². The molecule has 4 heteroatoms. The summed E-state index contributed by atoms with van der Waals surface area (Å²) in [7, 11) is 0. The number of carbonyl (C=O) groups is 2. The quantitative estimate of drug-likeness (QED) is 0.276. The molecule has 164 valence electrons. The Morgan fingerprint density at radius 2 is 1.21 bits per heavy atom. The van der Waals surface area contributed by atoms with Crippen LogP contribution >= 0.6 is 0 Å². The van der Waals surface area contributed by atoms with Crippen LogP contribution in [0.3, 0.4) is 0 Å². The normalized spacial score (nSPS) is 10.9. The smallest absolute Gasteiger partial charge is 0.303 e. The Morgan fingerprint density at radius 3 is 1.79 bits per heavy atom. The minimum Gasteiger partial charge on any atom is -0.481 e. The van der Waals surface area contributed by atoms with Crippen LogP contribution in [0, 0.1) is 6.92 Å². The lowest BCUT2D eigenvalue weighted by atomic mass is 10.0. The number of aryl methyl sites for hydroxylation is 1. The predicted molar refractivity (Wildman–Crippen MR) is 118 cm³/mol. The van der Waals surface area contributed by atoms with Gasteiger partial charge in [0.2, 0.25) is 0 Å². The summed E-state index contributed by atoms with van der Waals surface area (Å²) in [6.45, 7) is 3.64. The van der Waals surface area contributed by atoms with Gasteiger partial charge in [0.1, 0.15) is 5.78 Å². The molecule has 0 aliphatic rings. The van der Waals surface area contributed by atoms with Crippen LogP contribution in [0.5, 0.6) is 0 Å². The number of carboxylic acids is 1. The summed E-state index contributed by atoms with van der Waals surface area (Å²) in [5, 5.41) is 8.57. The monoisotopic (exact) mass is 404 g/mol. The number of benzene rings is 1. The molecule has 0 amide bonds. The summed E-state index contributed by atoms with van der Waals surface area (Å²) in [5.41, 5.74) is 2.33. The van der Waals surface area contributed by atoms with Crippen molar-refractivity contribution in [3.63, 3.8) is 0 Å². The largest absolute Gasteiger partial charge is 0.481 e. The topological polar surface area (TPSA) is 63.6 Å². The van der Waals surface area contributed by atoms with Crippen molar-refractivity contribution in [3.8, 4) is 0 Å². The van der Waals surface area contributed by atoms with Crippen LogP contribution in [0.1, 0.15) is 94.6 Å². The van der Waals surface area contributed by atoms with Crippen LogP contribution in [0.25, 0.3) is 0 Å². The summed E-state index contributed by atoms with van der Waals surface area (Å²) in [5.74, 6) is -0.366. The highest BCUT2D eigenvalue weighted by Gasteiger charge is 2.03. The summed E-state index contributed by atoms with van der Waals surface area (Å²) < 4.78 is 5.68. The number of hydrogen-bond donors (Lipinski definition) is 1. The van der Waals surface area contributed by atoms with E-state index in [1.165, 1.54) is 37.7 Å². The molecule has 0 unspecified atom stereocenters. The van der Waals surface area contributed by atoms with Crippen molar-refractivity contribution in [2.45, 2.75) is 96.8 Å². The minimum atomic E-state index is -0.682. The van der Waals surface area contributed by atoms with E-state index >= 15 is 0 Å². The summed E-state index contributed by atoms with van der Waals surface area (Å²) in [6.07, 6.45) is 13.7. The number of carboxylic acid groups (broad SMARTS) is 1. The molecule has 0 spiro atoms. The first-order valence-corrected chi connectivity index (χ1v) is 11.4. The molecule has 1 aromatic carbocycles. The fraction of sp³-hybridized carbons (Fsp3) is 0.680. The van der Waals surface area contributed by atoms with Crippen molar-refractivity contribution in [1.82, 2.24) is 0 Å². The number of ketones is 1. The number of hydrogen-bond acceptors (Lipinski definition) is 3. The van der Waals surface area contributed by atoms with E-state index in [9.17, 15) is 9.59 Å². The SMILES string of the molecule is Cc1ccc(CC(=O)CCCCOCCCCCCCCCCCC(=O)O)cc1. The van der Waals surface area contributed by atoms with Crippen LogP contribution in [0.2, 0.25) is 0 Å². The maximum Gasteiger partial charge on any atom is 0.303 e. The highest BCUT2D eigenvalue weighted by Crippen LogP contribution is 2.11. The second kappa shape index (κ2) is 17.2. The predicted octanol–water partition coefficient (Wildman–Crippen LogP) is 6.28. The molecule has 0 fully saturated rings. The lowest BCUT2D eigenvalue weighted by Gasteiger charge is -2.05. The molecule has 4 nitrogen and oxygen atoms in total. The molecule has 0 radical (unpaired) electrons. The van der Waals surface area contributed by atoms with Crippen LogP contribution < -0.4 is 0 Å². The van der Waals surface area contributed by atoms with E-state index in [-0.39, 0.29) is 0 Å². The van der Waals surface area contributed by atoms with Gasteiger partial charge in [0.05, 0.1) is 0 Å². The molecule has 0 heterocycles. The third-order valence-electron chi connectivity index (χ3n) is 5.20. The molecular weight excluding hydrogens is 364 g/mol. The van der Waals surface area contributed by atoms with Gasteiger partial charge in [-0.15, -0.1) is 0 Å². The Labute approximate surface area is 177 Å². The van der Waals surface area contributed by atoms with Crippen LogP contribution in [0.15, 0.2) is 24.3 Å². The van der Waals surface area contributed by atoms with Gasteiger partial charge in [-0.05, 0) is 38.2 Å². The molecule has 1 N–H and O–H groups in total. The minimum absolute atomic E-state index is 0.309. The third kappa shape index (κ3) is 15.9. The van der Waals surface area contributed by atoms with Gasteiger partial charge in [0.15, 0.2) is 0 Å². The molecule has 29 heavy (non-hydrogen) atoms. The first kappa shape index (κ1) is 25.4. The standard InChI is InChI=1S/C25H40O4/c1-22-15-17-23(18-16-22)21-24(26)13-10-12-20-29-19-11-8-6-4-2-3-5-7-9-14-25(27)28/h15-18H,2-14,19-21H2,1H3,(H,27,28). The lowest BCUT2D eigenvalue weighted by Crippen LogP contribution is -2.04. The first-order chi connectivity index (χ1) is 14.1. The molecule has 0 aliphatic carbocycles. The van der Waals surface area contributed by atoms with E-state index in [1.54, 1.807) is 0 Å². The first-order valence-electron chi connectivity index (χ1n) is 11.4. The van der Waals surface area contributed by atoms with Gasteiger partial charge in [-0.3, -0.25) is 9.59 Å². The van der Waals surface area contributed by atoms with Gasteiger partial charge >= 0.3 is 5.97 Å². The number of rotatable bonds is 19. The fourth-order valence-electron chi connectivity index (χ4n) is 3.37. The average Bonchev–Trinajstić information content (AvgIpc) is 2.69. The lowest BCUT2D eigenvalue weighted by molar-refractivity contribution is -0.137. The molecule has 0 aromatic heterocycles. The van der Waals surface area contributed by atoms with E-state index in [1.807, 2.05) is 12.1 Å². The molecule has 0 saturated heterocycles. The highest BCUT2D eigenvalue weighted by atomic mass is 16.5. The van der Waals surface area contributed by atoms with Crippen LogP contribution in [-0.2, 0) is 20.7 Å². The number of aliphatic carboxylic acids is 1. The van der Waals surface area contributed by atoms with Gasteiger partial charge in [-0.2, -0.15) is 0 Å². The van der Waals surface area contributed by atoms with Gasteiger partial charge in [0.25, 0.3) is 0 Å². The Hall–Kier alpha value is -1.68. The Kier molecular flexibility index (Phi) is 15.0. The van der Waals surface area contributed by atoms with Gasteiger partial charge in [-0.25, -0.2) is 0 Å². The molecular formula is C25H40O4. The van der Waals surface area contributed by atoms with Crippen molar-refractivity contribution in [1.29, 1.82) is 0 Å². The maximum atomic E-state index is 12.0. The third-order valence-corrected chi connectivity index (χ3v) is 5.20. The Morgan fingerprint density at radius 1 is 0.724 bits per heavy atom. The molecule has 0 saturated carbocycles. The van der Waals surface area contributed by atoms with Crippen LogP contribution in [0.4, 0.5) is 0 Å². The number of carbonyl (C=O) groups excluding carboxylic acids is 1. The summed E-state index contributed by atoms with van der Waals surface area (Å²) >= 11 is 0. The van der Waals surface area contributed by atoms with Crippen molar-refractivity contribution < 1.29 is 19.4 Å². The average molecular weight is 405 g/mol. The zero-order valence-electron chi connectivity index (χ0n) is 18.3. The fourth-order valence-corrected chi connectivity index (χ4v) is 3.37. The van der Waals surface area contributed by atoms with E-state index in [4.69, 9.17) is 9.84 Å². The summed E-state index contributed by atoms with van der Waals surface area (Å²) in [4.78, 5) is 22.4. The zero-order chi connectivity index (χ0) is 21.2.